The van der Waals surface area contributed by atoms with Crippen LogP contribution >= 0.6 is 0 Å². The number of nitrogens with zero attached hydrogens (tertiary/aromatic N) is 2. The Balaban J connectivity index is 2.52. The number of aryl methyl sites for hydroxylation is 1. The van der Waals surface area contributed by atoms with Gasteiger partial charge >= 0.3 is 0 Å². The number of hydrogen-bond donors (Lipinski definition) is 3. The average Bonchev–Trinajstić information content (AvgIpc) is 2.71. The largest absolute Gasteiger partial charge is 0.395 e. The number of H-pyrrole nitrogens is 1. The van der Waals surface area contributed by atoms with Crippen LogP contribution in [0.1, 0.15) is 35.9 Å². The van der Waals surface area contributed by atoms with Crippen molar-refractivity contribution in [3.8, 4) is 0 Å². The first-order chi connectivity index (χ1) is 8.97. The Morgan fingerprint density at radius 2 is 2.11 bits per heavy atom. The molecule has 1 rings (SSSR count). The quantitative estimate of drug-likeness (QED) is 0.682. The minimum absolute atomic E-state index is 0.0398. The average molecular weight is 267 g/mol. The molecule has 2 amide bonds. The summed E-state index contributed by atoms with van der Waals surface area (Å²) in [5, 5.41) is 9.30. The molecule has 0 aliphatic heterocycles. The molecule has 0 unspecified atom stereocenters. The number of amides is 2. The topological polar surface area (TPSA) is 104 Å². The molecule has 4 N–H and O–H groups in total. The maximum Gasteiger partial charge on any atom is 0.273 e. The highest BCUT2D eigenvalue weighted by Crippen LogP contribution is 2.15. The number of nitrogens with one attached hydrogen (secondary N) is 2. The number of nitrogens with two attached hydrogens (primary N) is 1. The molecule has 1 aromatic rings. The summed E-state index contributed by atoms with van der Waals surface area (Å²) in [6.07, 6.45) is 1.93. The van der Waals surface area contributed by atoms with Crippen molar-refractivity contribution in [3.63, 3.8) is 0 Å². The number of aromatic nitrogens is 2. The van der Waals surface area contributed by atoms with Gasteiger partial charge in [-0.15, -0.1) is 0 Å². The summed E-state index contributed by atoms with van der Waals surface area (Å²) in [6.45, 7) is 2.29. The number of hydrogen-bond acceptors (Lipinski definition) is 4. The van der Waals surface area contributed by atoms with E-state index in [9.17, 15) is 9.59 Å². The third kappa shape index (κ3) is 3.97. The summed E-state index contributed by atoms with van der Waals surface area (Å²) in [5.74, 6) is -0.398. The van der Waals surface area contributed by atoms with Crippen LogP contribution in [0, 0.1) is 0 Å². The van der Waals surface area contributed by atoms with Crippen molar-refractivity contribution in [1.82, 2.24) is 20.4 Å². The molecule has 0 saturated carbocycles. The second kappa shape index (κ2) is 6.77. The summed E-state index contributed by atoms with van der Waals surface area (Å²) < 4.78 is 0. The Morgan fingerprint density at radius 1 is 1.42 bits per heavy atom. The highest BCUT2D eigenvalue weighted by Gasteiger charge is 2.16. The highest BCUT2D eigenvalue weighted by atomic mass is 16.2. The maximum absolute atomic E-state index is 11.8. The number of nitrogen functional groups attached to an aromatic ring is 1. The third-order valence-electron chi connectivity index (χ3n) is 2.72. The lowest BCUT2D eigenvalue weighted by atomic mass is 10.2. The minimum Gasteiger partial charge on any atom is -0.395 e. The molecule has 0 aliphatic carbocycles. The summed E-state index contributed by atoms with van der Waals surface area (Å²) in [5.41, 5.74) is 7.20. The van der Waals surface area contributed by atoms with Crippen LogP contribution in [0.2, 0.25) is 0 Å². The Labute approximate surface area is 112 Å². The first-order valence-electron chi connectivity index (χ1n) is 6.28. The van der Waals surface area contributed by atoms with E-state index in [1.54, 1.807) is 14.1 Å². The minimum atomic E-state index is -0.359. The Morgan fingerprint density at radius 3 is 2.68 bits per heavy atom. The van der Waals surface area contributed by atoms with Crippen LogP contribution in [0.4, 0.5) is 5.69 Å². The van der Waals surface area contributed by atoms with E-state index in [2.05, 4.69) is 15.5 Å². The van der Waals surface area contributed by atoms with Gasteiger partial charge in [-0.2, -0.15) is 5.10 Å². The molecular formula is C12H21N5O2. The molecule has 1 aromatic heterocycles. The number of anilines is 1. The number of rotatable bonds is 6. The molecule has 0 radical (unpaired) electrons. The Hall–Kier alpha value is -2.05. The van der Waals surface area contributed by atoms with E-state index in [0.717, 1.165) is 18.5 Å². The van der Waals surface area contributed by atoms with Gasteiger partial charge in [0.2, 0.25) is 5.91 Å². The summed E-state index contributed by atoms with van der Waals surface area (Å²) in [7, 11) is 3.35. The van der Waals surface area contributed by atoms with Crippen molar-refractivity contribution in [2.45, 2.75) is 26.2 Å². The second-order valence-electron chi connectivity index (χ2n) is 4.51. The van der Waals surface area contributed by atoms with Crippen LogP contribution in [0.3, 0.4) is 0 Å². The Bertz CT molecular complexity index is 453. The van der Waals surface area contributed by atoms with Crippen LogP contribution in [0.25, 0.3) is 0 Å². The van der Waals surface area contributed by atoms with E-state index in [-0.39, 0.29) is 30.5 Å². The summed E-state index contributed by atoms with van der Waals surface area (Å²) in [4.78, 5) is 24.7. The molecule has 0 fully saturated rings. The van der Waals surface area contributed by atoms with Crippen LogP contribution in [-0.2, 0) is 11.2 Å². The van der Waals surface area contributed by atoms with E-state index in [1.165, 1.54) is 4.90 Å². The van der Waals surface area contributed by atoms with Crippen LogP contribution < -0.4 is 11.1 Å². The van der Waals surface area contributed by atoms with Gasteiger partial charge in [-0.05, 0) is 6.42 Å². The summed E-state index contributed by atoms with van der Waals surface area (Å²) >= 11 is 0. The molecule has 106 valence electrons. The third-order valence-corrected chi connectivity index (χ3v) is 2.72. The number of carbonyl (C=O) groups is 2. The molecule has 0 aliphatic rings. The Kier molecular flexibility index (Phi) is 5.35. The molecule has 1 heterocycles. The SMILES string of the molecule is CCCc1[nH]nc(C(=O)NCCC(=O)N(C)C)c1N. The fourth-order valence-corrected chi connectivity index (χ4v) is 1.59. The standard InChI is InChI=1S/C12H21N5O2/c1-4-5-8-10(13)11(16-15-8)12(19)14-7-6-9(18)17(2)3/h4-7,13H2,1-3H3,(H,14,19)(H,15,16). The van der Waals surface area contributed by atoms with Crippen molar-refractivity contribution in [2.75, 3.05) is 26.4 Å². The van der Waals surface area contributed by atoms with Gasteiger partial charge in [0, 0.05) is 27.1 Å². The van der Waals surface area contributed by atoms with Gasteiger partial charge in [0.05, 0.1) is 11.4 Å². The predicted octanol–water partition coefficient (Wildman–Crippen LogP) is 0.153. The molecule has 0 aromatic carbocycles. The van der Waals surface area contributed by atoms with Crippen LogP contribution in [0.15, 0.2) is 0 Å². The lowest BCUT2D eigenvalue weighted by molar-refractivity contribution is -0.128. The van der Waals surface area contributed by atoms with Crippen molar-refractivity contribution in [3.05, 3.63) is 11.4 Å². The number of carbonyl (C=O) groups excluding carboxylic acids is 2. The molecule has 7 nitrogen and oxygen atoms in total. The number of aromatic amines is 1. The van der Waals surface area contributed by atoms with Gasteiger partial charge in [0.15, 0.2) is 5.69 Å². The van der Waals surface area contributed by atoms with Gasteiger partial charge in [-0.1, -0.05) is 13.3 Å². The monoisotopic (exact) mass is 267 g/mol. The highest BCUT2D eigenvalue weighted by molar-refractivity contribution is 5.97. The van der Waals surface area contributed by atoms with E-state index >= 15 is 0 Å². The fourth-order valence-electron chi connectivity index (χ4n) is 1.59. The van der Waals surface area contributed by atoms with Crippen molar-refractivity contribution in [2.24, 2.45) is 0 Å². The zero-order valence-electron chi connectivity index (χ0n) is 11.6. The van der Waals surface area contributed by atoms with Gasteiger partial charge in [-0.3, -0.25) is 14.7 Å². The van der Waals surface area contributed by atoms with Crippen LogP contribution in [-0.4, -0.2) is 47.6 Å². The lowest BCUT2D eigenvalue weighted by Crippen LogP contribution is -2.30. The fraction of sp³-hybridized carbons (Fsp3) is 0.583. The van der Waals surface area contributed by atoms with E-state index in [1.807, 2.05) is 6.92 Å². The molecule has 7 heteroatoms. The molecule has 0 bridgehead atoms. The van der Waals surface area contributed by atoms with E-state index < -0.39 is 0 Å². The van der Waals surface area contributed by atoms with E-state index in [4.69, 9.17) is 5.73 Å². The lowest BCUT2D eigenvalue weighted by Gasteiger charge is -2.10. The smallest absolute Gasteiger partial charge is 0.273 e. The van der Waals surface area contributed by atoms with Crippen molar-refractivity contribution >= 4 is 17.5 Å². The van der Waals surface area contributed by atoms with Crippen molar-refractivity contribution in [1.29, 1.82) is 0 Å². The molecule has 0 saturated heterocycles. The predicted molar refractivity (Wildman–Crippen MR) is 72.6 cm³/mol. The van der Waals surface area contributed by atoms with E-state index in [0.29, 0.717) is 5.69 Å². The summed E-state index contributed by atoms with van der Waals surface area (Å²) in [6, 6.07) is 0. The first-order valence-corrected chi connectivity index (χ1v) is 6.28. The van der Waals surface area contributed by atoms with Gasteiger partial charge in [0.25, 0.3) is 5.91 Å². The molecular weight excluding hydrogens is 246 g/mol. The molecule has 0 atom stereocenters. The van der Waals surface area contributed by atoms with Gasteiger partial charge in [-0.25, -0.2) is 0 Å². The van der Waals surface area contributed by atoms with Crippen molar-refractivity contribution < 1.29 is 9.59 Å². The van der Waals surface area contributed by atoms with Gasteiger partial charge in [0.1, 0.15) is 0 Å². The molecule has 0 spiro atoms. The molecule has 19 heavy (non-hydrogen) atoms. The van der Waals surface area contributed by atoms with Crippen LogP contribution in [0.5, 0.6) is 0 Å². The zero-order chi connectivity index (χ0) is 14.4. The second-order valence-corrected chi connectivity index (χ2v) is 4.51. The normalized spacial score (nSPS) is 10.3. The first kappa shape index (κ1) is 15.0. The zero-order valence-corrected chi connectivity index (χ0v) is 11.6. The maximum atomic E-state index is 11.8. The van der Waals surface area contributed by atoms with Gasteiger partial charge < -0.3 is 16.0 Å².